The predicted octanol–water partition coefficient (Wildman–Crippen LogP) is 4.38. The van der Waals surface area contributed by atoms with E-state index in [1.54, 1.807) is 19.4 Å². The number of fused-ring (bicyclic) bond motifs is 2. The van der Waals surface area contributed by atoms with E-state index < -0.39 is 0 Å². The summed E-state index contributed by atoms with van der Waals surface area (Å²) in [4.78, 5) is 12.6. The first-order valence-corrected chi connectivity index (χ1v) is 9.24. The molecule has 1 amide bonds. The van der Waals surface area contributed by atoms with Gasteiger partial charge in [-0.05, 0) is 54.8 Å². The Balaban J connectivity index is 1.54. The molecule has 2 heterocycles. The molecule has 0 saturated heterocycles. The standard InChI is InChI=1S/C22H19N3O3/c1-27-21-16(22(26)23-15-4-5-15)6-8-18-20(21)17(24-25-18)7-2-13-3-9-19-14(12-13)10-11-28-19/h2-3,6-12,15H,4-5H2,1H3,(H,23,26)(H,24,25). The lowest BCUT2D eigenvalue weighted by Crippen LogP contribution is -2.25. The number of benzene rings is 2. The molecule has 0 unspecified atom stereocenters. The van der Waals surface area contributed by atoms with Crippen molar-refractivity contribution in [2.24, 2.45) is 0 Å². The van der Waals surface area contributed by atoms with E-state index in [9.17, 15) is 4.79 Å². The number of H-pyrrole nitrogens is 1. The van der Waals surface area contributed by atoms with Crippen molar-refractivity contribution in [1.82, 2.24) is 15.5 Å². The summed E-state index contributed by atoms with van der Waals surface area (Å²) < 4.78 is 11.0. The molecule has 0 bridgehead atoms. The van der Waals surface area contributed by atoms with E-state index in [-0.39, 0.29) is 11.9 Å². The van der Waals surface area contributed by atoms with Crippen molar-refractivity contribution in [3.05, 3.63) is 59.5 Å². The molecule has 140 valence electrons. The van der Waals surface area contributed by atoms with Crippen molar-refractivity contribution in [3.63, 3.8) is 0 Å². The molecule has 2 N–H and O–H groups in total. The number of methoxy groups -OCH3 is 1. The van der Waals surface area contributed by atoms with Crippen LogP contribution in [0.2, 0.25) is 0 Å². The van der Waals surface area contributed by atoms with Gasteiger partial charge >= 0.3 is 0 Å². The van der Waals surface area contributed by atoms with E-state index in [0.29, 0.717) is 11.3 Å². The van der Waals surface area contributed by atoms with Crippen molar-refractivity contribution in [1.29, 1.82) is 0 Å². The average molecular weight is 373 g/mol. The Kier molecular flexibility index (Phi) is 3.90. The molecule has 1 fully saturated rings. The Morgan fingerprint density at radius 3 is 2.96 bits per heavy atom. The van der Waals surface area contributed by atoms with Crippen LogP contribution in [0.25, 0.3) is 34.0 Å². The lowest BCUT2D eigenvalue weighted by atomic mass is 10.1. The van der Waals surface area contributed by atoms with Gasteiger partial charge in [0.15, 0.2) is 0 Å². The van der Waals surface area contributed by atoms with Gasteiger partial charge in [-0.1, -0.05) is 12.1 Å². The third kappa shape index (κ3) is 2.93. The third-order valence-corrected chi connectivity index (χ3v) is 4.98. The molecular formula is C22H19N3O3. The molecule has 2 aromatic carbocycles. The maximum absolute atomic E-state index is 12.6. The van der Waals surface area contributed by atoms with Gasteiger partial charge < -0.3 is 14.5 Å². The zero-order valence-corrected chi connectivity index (χ0v) is 15.4. The second-order valence-corrected chi connectivity index (χ2v) is 6.98. The number of hydrogen-bond acceptors (Lipinski definition) is 4. The van der Waals surface area contributed by atoms with Crippen LogP contribution in [0.1, 0.15) is 34.5 Å². The van der Waals surface area contributed by atoms with Crippen molar-refractivity contribution in [2.75, 3.05) is 7.11 Å². The maximum Gasteiger partial charge on any atom is 0.255 e. The Labute approximate surface area is 161 Å². The van der Waals surface area contributed by atoms with Crippen molar-refractivity contribution in [2.45, 2.75) is 18.9 Å². The smallest absolute Gasteiger partial charge is 0.255 e. The second-order valence-electron chi connectivity index (χ2n) is 6.98. The van der Waals surface area contributed by atoms with Gasteiger partial charge in [0.25, 0.3) is 5.91 Å². The summed E-state index contributed by atoms with van der Waals surface area (Å²) in [5.41, 5.74) is 3.96. The number of hydrogen-bond donors (Lipinski definition) is 2. The highest BCUT2D eigenvalue weighted by Crippen LogP contribution is 2.33. The molecule has 4 aromatic rings. The van der Waals surface area contributed by atoms with Crippen LogP contribution < -0.4 is 10.1 Å². The highest BCUT2D eigenvalue weighted by Gasteiger charge is 2.26. The molecule has 1 aliphatic rings. The van der Waals surface area contributed by atoms with Gasteiger partial charge in [0.05, 0.1) is 35.5 Å². The lowest BCUT2D eigenvalue weighted by molar-refractivity contribution is 0.0948. The minimum Gasteiger partial charge on any atom is -0.495 e. The fourth-order valence-corrected chi connectivity index (χ4v) is 3.37. The summed E-state index contributed by atoms with van der Waals surface area (Å²) in [6.45, 7) is 0. The summed E-state index contributed by atoms with van der Waals surface area (Å²) in [7, 11) is 1.58. The first-order valence-electron chi connectivity index (χ1n) is 9.24. The van der Waals surface area contributed by atoms with E-state index in [1.165, 1.54) is 0 Å². The highest BCUT2D eigenvalue weighted by atomic mass is 16.5. The molecule has 0 atom stereocenters. The molecule has 0 aliphatic heterocycles. The summed E-state index contributed by atoms with van der Waals surface area (Å²) in [5.74, 6) is 0.428. The van der Waals surface area contributed by atoms with E-state index in [4.69, 9.17) is 9.15 Å². The summed E-state index contributed by atoms with van der Waals surface area (Å²) in [5, 5.41) is 12.3. The minimum atomic E-state index is -0.109. The van der Waals surface area contributed by atoms with Crippen LogP contribution in [-0.2, 0) is 0 Å². The van der Waals surface area contributed by atoms with Crippen molar-refractivity contribution in [3.8, 4) is 5.75 Å². The van der Waals surface area contributed by atoms with Gasteiger partial charge in [-0.3, -0.25) is 9.89 Å². The number of aromatic amines is 1. The van der Waals surface area contributed by atoms with Crippen LogP contribution in [0.4, 0.5) is 0 Å². The molecule has 1 aliphatic carbocycles. The second kappa shape index (κ2) is 6.56. The summed E-state index contributed by atoms with van der Waals surface area (Å²) >= 11 is 0. The quantitative estimate of drug-likeness (QED) is 0.544. The minimum absolute atomic E-state index is 0.109. The molecule has 0 spiro atoms. The number of aromatic nitrogens is 2. The highest BCUT2D eigenvalue weighted by molar-refractivity contribution is 6.05. The Morgan fingerprint density at radius 2 is 2.14 bits per heavy atom. The number of carbonyl (C=O) groups excluding carboxylic acids is 1. The van der Waals surface area contributed by atoms with E-state index >= 15 is 0 Å². The predicted molar refractivity (Wildman–Crippen MR) is 108 cm³/mol. The maximum atomic E-state index is 12.6. The first-order chi connectivity index (χ1) is 13.7. The Hall–Kier alpha value is -3.54. The SMILES string of the molecule is COc1c(C(=O)NC2CC2)ccc2[nH]nc(C=Cc3ccc4occc4c3)c12. The summed E-state index contributed by atoms with van der Waals surface area (Å²) in [6, 6.07) is 11.8. The molecular weight excluding hydrogens is 354 g/mol. The Bertz CT molecular complexity index is 1210. The number of nitrogens with one attached hydrogen (secondary N) is 2. The first kappa shape index (κ1) is 16.6. The summed E-state index contributed by atoms with van der Waals surface area (Å²) in [6.07, 6.45) is 7.66. The van der Waals surface area contributed by atoms with Crippen LogP contribution in [0, 0.1) is 0 Å². The fraction of sp³-hybridized carbons (Fsp3) is 0.182. The Morgan fingerprint density at radius 1 is 1.25 bits per heavy atom. The van der Waals surface area contributed by atoms with Gasteiger partial charge in [0.2, 0.25) is 0 Å². The number of rotatable bonds is 5. The zero-order chi connectivity index (χ0) is 19.1. The van der Waals surface area contributed by atoms with E-state index in [1.807, 2.05) is 36.4 Å². The fourth-order valence-electron chi connectivity index (χ4n) is 3.37. The largest absolute Gasteiger partial charge is 0.495 e. The third-order valence-electron chi connectivity index (χ3n) is 4.98. The van der Waals surface area contributed by atoms with Gasteiger partial charge in [-0.15, -0.1) is 0 Å². The molecule has 28 heavy (non-hydrogen) atoms. The lowest BCUT2D eigenvalue weighted by Gasteiger charge is -2.10. The van der Waals surface area contributed by atoms with E-state index in [0.717, 1.165) is 46.0 Å². The zero-order valence-electron chi connectivity index (χ0n) is 15.4. The van der Waals surface area contributed by atoms with E-state index in [2.05, 4.69) is 21.6 Å². The van der Waals surface area contributed by atoms with Crippen LogP contribution in [0.15, 0.2) is 47.1 Å². The number of ether oxygens (including phenoxy) is 1. The van der Waals surface area contributed by atoms with Crippen molar-refractivity contribution < 1.29 is 13.9 Å². The number of nitrogens with zero attached hydrogens (tertiary/aromatic N) is 1. The number of furan rings is 1. The van der Waals surface area contributed by atoms with Gasteiger partial charge in [0, 0.05) is 11.4 Å². The molecule has 2 aromatic heterocycles. The van der Waals surface area contributed by atoms with Gasteiger partial charge in [0.1, 0.15) is 11.3 Å². The normalized spacial score (nSPS) is 14.2. The average Bonchev–Trinajstić information content (AvgIpc) is 3.24. The van der Waals surface area contributed by atoms with Crippen molar-refractivity contribution >= 4 is 39.9 Å². The molecule has 0 radical (unpaired) electrons. The van der Waals surface area contributed by atoms with Crippen LogP contribution in [0.3, 0.4) is 0 Å². The van der Waals surface area contributed by atoms with Crippen LogP contribution in [0.5, 0.6) is 5.75 Å². The van der Waals surface area contributed by atoms with Gasteiger partial charge in [-0.25, -0.2) is 0 Å². The monoisotopic (exact) mass is 373 g/mol. The topological polar surface area (TPSA) is 80.1 Å². The number of amides is 1. The molecule has 6 heteroatoms. The van der Waals surface area contributed by atoms with Crippen LogP contribution in [-0.4, -0.2) is 29.3 Å². The van der Waals surface area contributed by atoms with Gasteiger partial charge in [-0.2, -0.15) is 5.10 Å². The van der Waals surface area contributed by atoms with Crippen LogP contribution >= 0.6 is 0 Å². The molecule has 5 rings (SSSR count). The number of carbonyl (C=O) groups is 1. The molecule has 6 nitrogen and oxygen atoms in total. The molecule has 1 saturated carbocycles.